The van der Waals surface area contributed by atoms with E-state index in [-0.39, 0.29) is 5.91 Å². The van der Waals surface area contributed by atoms with Crippen molar-refractivity contribution in [2.24, 2.45) is 0 Å². The first-order valence-corrected chi connectivity index (χ1v) is 11.4. The number of para-hydroxylation sites is 1. The first-order chi connectivity index (χ1) is 13.8. The van der Waals surface area contributed by atoms with Gasteiger partial charge in [-0.3, -0.25) is 9.36 Å². The van der Waals surface area contributed by atoms with Crippen molar-refractivity contribution in [1.29, 1.82) is 0 Å². The molecular formula is C20H20N4O2S2. The van der Waals surface area contributed by atoms with Crippen LogP contribution in [0.5, 0.6) is 0 Å². The molecule has 1 aliphatic heterocycles. The monoisotopic (exact) mass is 412 g/mol. The molecule has 0 unspecified atom stereocenters. The van der Waals surface area contributed by atoms with Gasteiger partial charge < -0.3 is 9.32 Å². The van der Waals surface area contributed by atoms with Gasteiger partial charge in [-0.15, -0.1) is 22.0 Å². The summed E-state index contributed by atoms with van der Waals surface area (Å²) in [5.74, 6) is 3.74. The number of nitrogens with zero attached hydrogens (tertiary/aromatic N) is 4. The van der Waals surface area contributed by atoms with Crippen LogP contribution in [0.25, 0.3) is 0 Å². The number of fused-ring (bicyclic) bond motifs is 1. The zero-order chi connectivity index (χ0) is 18.9. The number of hydrogen-bond acceptors (Lipinski definition) is 6. The molecule has 3 aromatic rings. The SMILES string of the molecule is O=C(CSc1nnc(C2CC2)n1Cc1ccco1)N1CCSc2ccccc21. The lowest BCUT2D eigenvalue weighted by Crippen LogP contribution is -2.36. The molecule has 0 atom stereocenters. The Labute approximate surface area is 171 Å². The van der Waals surface area contributed by atoms with Crippen molar-refractivity contribution in [3.8, 4) is 0 Å². The summed E-state index contributed by atoms with van der Waals surface area (Å²) in [6.45, 7) is 1.35. The van der Waals surface area contributed by atoms with E-state index in [0.29, 0.717) is 18.2 Å². The number of carbonyl (C=O) groups is 1. The molecule has 0 N–H and O–H groups in total. The van der Waals surface area contributed by atoms with Crippen LogP contribution in [-0.2, 0) is 11.3 Å². The molecule has 2 aromatic heterocycles. The number of aromatic nitrogens is 3. The first kappa shape index (κ1) is 17.9. The molecule has 1 saturated carbocycles. The number of benzene rings is 1. The average Bonchev–Trinajstić information content (AvgIpc) is 3.29. The molecule has 144 valence electrons. The van der Waals surface area contributed by atoms with Crippen molar-refractivity contribution in [2.75, 3.05) is 23.0 Å². The van der Waals surface area contributed by atoms with E-state index in [4.69, 9.17) is 4.42 Å². The molecule has 1 fully saturated rings. The molecule has 2 aliphatic rings. The van der Waals surface area contributed by atoms with Crippen LogP contribution in [0, 0.1) is 0 Å². The molecule has 28 heavy (non-hydrogen) atoms. The molecule has 5 rings (SSSR count). The number of amides is 1. The van der Waals surface area contributed by atoms with E-state index in [1.54, 1.807) is 18.0 Å². The lowest BCUT2D eigenvalue weighted by Gasteiger charge is -2.28. The van der Waals surface area contributed by atoms with Gasteiger partial charge in [-0.2, -0.15) is 0 Å². The number of thioether (sulfide) groups is 2. The van der Waals surface area contributed by atoms with E-state index in [1.165, 1.54) is 16.7 Å². The van der Waals surface area contributed by atoms with Crippen molar-refractivity contribution in [1.82, 2.24) is 14.8 Å². The third kappa shape index (κ3) is 3.58. The zero-order valence-electron chi connectivity index (χ0n) is 15.3. The van der Waals surface area contributed by atoms with Crippen molar-refractivity contribution < 1.29 is 9.21 Å². The number of hydrogen-bond donors (Lipinski definition) is 0. The first-order valence-electron chi connectivity index (χ1n) is 9.40. The summed E-state index contributed by atoms with van der Waals surface area (Å²) in [6, 6.07) is 11.9. The van der Waals surface area contributed by atoms with Crippen LogP contribution in [0.3, 0.4) is 0 Å². The maximum absolute atomic E-state index is 12.9. The molecule has 0 spiro atoms. The van der Waals surface area contributed by atoms with E-state index in [1.807, 2.05) is 35.2 Å². The Hall–Kier alpha value is -2.19. The van der Waals surface area contributed by atoms with Crippen LogP contribution >= 0.6 is 23.5 Å². The highest BCUT2D eigenvalue weighted by molar-refractivity contribution is 8.00. The topological polar surface area (TPSA) is 64.2 Å². The lowest BCUT2D eigenvalue weighted by molar-refractivity contribution is -0.116. The van der Waals surface area contributed by atoms with Gasteiger partial charge >= 0.3 is 0 Å². The molecule has 6 nitrogen and oxygen atoms in total. The lowest BCUT2D eigenvalue weighted by atomic mass is 10.3. The molecular weight excluding hydrogens is 392 g/mol. The molecule has 0 radical (unpaired) electrons. The fourth-order valence-corrected chi connectivity index (χ4v) is 5.21. The Morgan fingerprint density at radius 1 is 1.21 bits per heavy atom. The number of rotatable bonds is 6. The summed E-state index contributed by atoms with van der Waals surface area (Å²) in [4.78, 5) is 16.0. The Bertz CT molecular complexity index is 982. The van der Waals surface area contributed by atoms with Gasteiger partial charge in [0.15, 0.2) is 5.16 Å². The largest absolute Gasteiger partial charge is 0.467 e. The van der Waals surface area contributed by atoms with Crippen LogP contribution in [0.15, 0.2) is 57.1 Å². The second-order valence-corrected chi connectivity index (χ2v) is 9.01. The van der Waals surface area contributed by atoms with Gasteiger partial charge in [-0.1, -0.05) is 23.9 Å². The Balaban J connectivity index is 1.32. The summed E-state index contributed by atoms with van der Waals surface area (Å²) in [5.41, 5.74) is 1.01. The summed E-state index contributed by atoms with van der Waals surface area (Å²) in [7, 11) is 0. The van der Waals surface area contributed by atoms with Crippen molar-refractivity contribution in [2.45, 2.75) is 35.4 Å². The van der Waals surface area contributed by atoms with Gasteiger partial charge in [0.2, 0.25) is 5.91 Å². The van der Waals surface area contributed by atoms with Gasteiger partial charge in [0, 0.05) is 23.1 Å². The second kappa shape index (κ2) is 7.67. The van der Waals surface area contributed by atoms with Gasteiger partial charge in [0.1, 0.15) is 11.6 Å². The Morgan fingerprint density at radius 2 is 2.11 bits per heavy atom. The quantitative estimate of drug-likeness (QED) is 0.570. The highest BCUT2D eigenvalue weighted by Gasteiger charge is 2.31. The Morgan fingerprint density at radius 3 is 2.93 bits per heavy atom. The van der Waals surface area contributed by atoms with Crippen molar-refractivity contribution in [3.63, 3.8) is 0 Å². The maximum Gasteiger partial charge on any atom is 0.237 e. The molecule has 8 heteroatoms. The highest BCUT2D eigenvalue weighted by atomic mass is 32.2. The van der Waals surface area contributed by atoms with E-state index < -0.39 is 0 Å². The van der Waals surface area contributed by atoms with E-state index >= 15 is 0 Å². The third-order valence-electron chi connectivity index (χ3n) is 4.94. The van der Waals surface area contributed by atoms with Crippen molar-refractivity contribution in [3.05, 3.63) is 54.2 Å². The zero-order valence-corrected chi connectivity index (χ0v) is 16.9. The normalized spacial score (nSPS) is 16.2. The number of anilines is 1. The molecule has 0 bridgehead atoms. The van der Waals surface area contributed by atoms with Gasteiger partial charge in [-0.05, 0) is 37.1 Å². The Kier molecular flexibility index (Phi) is 4.90. The fraction of sp³-hybridized carbons (Fsp3) is 0.350. The van der Waals surface area contributed by atoms with Crippen LogP contribution in [0.2, 0.25) is 0 Å². The third-order valence-corrected chi connectivity index (χ3v) is 6.93. The molecule has 1 aromatic carbocycles. The highest BCUT2D eigenvalue weighted by Crippen LogP contribution is 2.40. The summed E-state index contributed by atoms with van der Waals surface area (Å²) in [5, 5.41) is 9.57. The summed E-state index contributed by atoms with van der Waals surface area (Å²) in [6.07, 6.45) is 3.99. The number of furan rings is 1. The smallest absolute Gasteiger partial charge is 0.237 e. The van der Waals surface area contributed by atoms with Crippen LogP contribution in [0.4, 0.5) is 5.69 Å². The second-order valence-electron chi connectivity index (χ2n) is 6.93. The maximum atomic E-state index is 12.9. The molecule has 0 saturated heterocycles. The minimum Gasteiger partial charge on any atom is -0.467 e. The van der Waals surface area contributed by atoms with E-state index in [2.05, 4.69) is 20.8 Å². The molecule has 1 aliphatic carbocycles. The van der Waals surface area contributed by atoms with Gasteiger partial charge in [0.05, 0.1) is 24.2 Å². The summed E-state index contributed by atoms with van der Waals surface area (Å²) >= 11 is 3.27. The minimum atomic E-state index is 0.110. The minimum absolute atomic E-state index is 0.110. The van der Waals surface area contributed by atoms with Gasteiger partial charge in [0.25, 0.3) is 0 Å². The predicted octanol–water partition coefficient (Wildman–Crippen LogP) is 4.03. The number of carbonyl (C=O) groups excluding carboxylic acids is 1. The van der Waals surface area contributed by atoms with E-state index in [9.17, 15) is 4.79 Å². The fourth-order valence-electron chi connectivity index (χ4n) is 3.39. The predicted molar refractivity (Wildman–Crippen MR) is 110 cm³/mol. The van der Waals surface area contributed by atoms with E-state index in [0.717, 1.165) is 47.6 Å². The summed E-state index contributed by atoms with van der Waals surface area (Å²) < 4.78 is 7.62. The molecule has 3 heterocycles. The van der Waals surface area contributed by atoms with Crippen LogP contribution in [-0.4, -0.2) is 38.7 Å². The van der Waals surface area contributed by atoms with Crippen LogP contribution < -0.4 is 4.90 Å². The average molecular weight is 413 g/mol. The standard InChI is InChI=1S/C20H20N4O2S2/c25-18(23-9-11-27-17-6-2-1-5-16(17)23)13-28-20-22-21-19(14-7-8-14)24(20)12-15-4-3-10-26-15/h1-6,10,14H,7-9,11-13H2. The van der Waals surface area contributed by atoms with Crippen LogP contribution in [0.1, 0.15) is 30.3 Å². The van der Waals surface area contributed by atoms with Gasteiger partial charge in [-0.25, -0.2) is 0 Å². The molecule has 1 amide bonds. The van der Waals surface area contributed by atoms with Crippen molar-refractivity contribution >= 4 is 35.1 Å².